The number of rotatable bonds is 3. The second kappa shape index (κ2) is 6.52. The van der Waals surface area contributed by atoms with Crippen LogP contribution in [0.4, 0.5) is 5.69 Å². The van der Waals surface area contributed by atoms with Gasteiger partial charge >= 0.3 is 0 Å². The summed E-state index contributed by atoms with van der Waals surface area (Å²) in [7, 11) is 0. The largest absolute Gasteiger partial charge is 0.340 e. The first kappa shape index (κ1) is 14.5. The second-order valence-electron chi connectivity index (χ2n) is 4.85. The molecule has 1 heterocycles. The van der Waals surface area contributed by atoms with Gasteiger partial charge in [0.1, 0.15) is 0 Å². The Bertz CT molecular complexity index is 467. The standard InChI is InChI=1S/C15H21N3O2/c1-3-15(20)18(14-7-5-4-6-8-14)17-11-9-16(10-12-17)13(2)19/h4-8H,3,9-12H2,1-2H3. The van der Waals surface area contributed by atoms with Crippen LogP contribution in [-0.4, -0.2) is 47.9 Å². The maximum Gasteiger partial charge on any atom is 0.241 e. The number of carbonyl (C=O) groups excluding carboxylic acids is 2. The van der Waals surface area contributed by atoms with E-state index in [0.717, 1.165) is 5.69 Å². The Labute approximate surface area is 119 Å². The Morgan fingerprint density at radius 3 is 2.20 bits per heavy atom. The number of benzene rings is 1. The van der Waals surface area contributed by atoms with Crippen LogP contribution in [0.1, 0.15) is 20.3 Å². The van der Waals surface area contributed by atoms with Gasteiger partial charge in [-0.3, -0.25) is 9.59 Å². The van der Waals surface area contributed by atoms with Crippen LogP contribution in [-0.2, 0) is 9.59 Å². The monoisotopic (exact) mass is 275 g/mol. The van der Waals surface area contributed by atoms with Crippen LogP contribution in [0.5, 0.6) is 0 Å². The first-order valence-electron chi connectivity index (χ1n) is 7.02. The smallest absolute Gasteiger partial charge is 0.241 e. The van der Waals surface area contributed by atoms with Crippen LogP contribution in [0.2, 0.25) is 0 Å². The van der Waals surface area contributed by atoms with Crippen molar-refractivity contribution in [3.63, 3.8) is 0 Å². The Kier molecular flexibility index (Phi) is 4.74. The maximum absolute atomic E-state index is 12.2. The predicted octanol–water partition coefficient (Wildman–Crippen LogP) is 1.51. The van der Waals surface area contributed by atoms with Gasteiger partial charge in [-0.25, -0.2) is 10.0 Å². The number of amides is 2. The molecule has 108 valence electrons. The first-order valence-corrected chi connectivity index (χ1v) is 7.02. The minimum Gasteiger partial charge on any atom is -0.340 e. The Hall–Kier alpha value is -1.88. The molecule has 1 aromatic carbocycles. The van der Waals surface area contributed by atoms with Crippen molar-refractivity contribution in [1.82, 2.24) is 9.91 Å². The van der Waals surface area contributed by atoms with E-state index < -0.39 is 0 Å². The molecule has 1 aliphatic heterocycles. The quantitative estimate of drug-likeness (QED) is 0.840. The van der Waals surface area contributed by atoms with Gasteiger partial charge in [0.15, 0.2) is 0 Å². The molecule has 0 atom stereocenters. The molecule has 2 amide bonds. The van der Waals surface area contributed by atoms with Gasteiger partial charge in [0.25, 0.3) is 0 Å². The minimum absolute atomic E-state index is 0.0764. The van der Waals surface area contributed by atoms with E-state index in [1.165, 1.54) is 0 Å². The van der Waals surface area contributed by atoms with E-state index in [-0.39, 0.29) is 11.8 Å². The first-order chi connectivity index (χ1) is 9.63. The van der Waals surface area contributed by atoms with E-state index in [2.05, 4.69) is 0 Å². The third-order valence-electron chi connectivity index (χ3n) is 3.52. The van der Waals surface area contributed by atoms with Crippen LogP contribution in [0.3, 0.4) is 0 Å². The lowest BCUT2D eigenvalue weighted by Crippen LogP contribution is -2.56. The van der Waals surface area contributed by atoms with Crippen LogP contribution >= 0.6 is 0 Å². The number of carbonyl (C=O) groups is 2. The van der Waals surface area contributed by atoms with Crippen LogP contribution in [0, 0.1) is 0 Å². The van der Waals surface area contributed by atoms with E-state index >= 15 is 0 Å². The van der Waals surface area contributed by atoms with Crippen molar-refractivity contribution in [2.24, 2.45) is 0 Å². The molecule has 0 unspecified atom stereocenters. The van der Waals surface area contributed by atoms with Crippen molar-refractivity contribution in [2.45, 2.75) is 20.3 Å². The summed E-state index contributed by atoms with van der Waals surface area (Å²) in [5, 5.41) is 3.78. The molecular formula is C15H21N3O2. The van der Waals surface area contributed by atoms with Crippen molar-refractivity contribution >= 4 is 17.5 Å². The average Bonchev–Trinajstić information content (AvgIpc) is 2.49. The zero-order chi connectivity index (χ0) is 14.5. The third kappa shape index (κ3) is 3.17. The molecule has 5 nitrogen and oxygen atoms in total. The Morgan fingerprint density at radius 1 is 1.10 bits per heavy atom. The third-order valence-corrected chi connectivity index (χ3v) is 3.52. The van der Waals surface area contributed by atoms with Crippen LogP contribution in [0.25, 0.3) is 0 Å². The lowest BCUT2D eigenvalue weighted by atomic mass is 10.2. The lowest BCUT2D eigenvalue weighted by Gasteiger charge is -2.40. The van der Waals surface area contributed by atoms with Crippen molar-refractivity contribution < 1.29 is 9.59 Å². The van der Waals surface area contributed by atoms with E-state index in [4.69, 9.17) is 0 Å². The summed E-state index contributed by atoms with van der Waals surface area (Å²) in [6.07, 6.45) is 0.460. The van der Waals surface area contributed by atoms with Gasteiger partial charge < -0.3 is 4.90 Å². The number of anilines is 1. The minimum atomic E-state index is 0.0764. The molecule has 5 heteroatoms. The number of hydrogen-bond donors (Lipinski definition) is 0. The van der Waals surface area contributed by atoms with E-state index in [1.807, 2.05) is 47.2 Å². The van der Waals surface area contributed by atoms with Gasteiger partial charge in [-0.05, 0) is 12.1 Å². The van der Waals surface area contributed by atoms with Crippen molar-refractivity contribution in [3.05, 3.63) is 30.3 Å². The summed E-state index contributed by atoms with van der Waals surface area (Å²) in [6, 6.07) is 9.66. The zero-order valence-corrected chi connectivity index (χ0v) is 12.1. The Balaban J connectivity index is 2.13. The second-order valence-corrected chi connectivity index (χ2v) is 4.85. The summed E-state index contributed by atoms with van der Waals surface area (Å²) in [5.74, 6) is 0.171. The molecule has 20 heavy (non-hydrogen) atoms. The van der Waals surface area contributed by atoms with Gasteiger partial charge in [0.2, 0.25) is 11.8 Å². The number of hydrazine groups is 1. The molecule has 0 saturated carbocycles. The molecule has 1 fully saturated rings. The molecule has 0 N–H and O–H groups in total. The molecule has 1 saturated heterocycles. The highest BCUT2D eigenvalue weighted by Crippen LogP contribution is 2.18. The van der Waals surface area contributed by atoms with Gasteiger partial charge in [0, 0.05) is 39.5 Å². The summed E-state index contributed by atoms with van der Waals surface area (Å²) >= 11 is 0. The molecular weight excluding hydrogens is 254 g/mol. The summed E-state index contributed by atoms with van der Waals surface area (Å²) in [6.45, 7) is 6.14. The predicted molar refractivity (Wildman–Crippen MR) is 78.0 cm³/mol. The number of piperazine rings is 1. The van der Waals surface area contributed by atoms with Crippen molar-refractivity contribution in [2.75, 3.05) is 31.2 Å². The molecule has 2 rings (SSSR count). The van der Waals surface area contributed by atoms with Gasteiger partial charge in [-0.1, -0.05) is 25.1 Å². The van der Waals surface area contributed by atoms with Crippen molar-refractivity contribution in [1.29, 1.82) is 0 Å². The average molecular weight is 275 g/mol. The van der Waals surface area contributed by atoms with E-state index in [9.17, 15) is 9.59 Å². The zero-order valence-electron chi connectivity index (χ0n) is 12.1. The fraction of sp³-hybridized carbons (Fsp3) is 0.467. The molecule has 0 spiro atoms. The molecule has 1 aliphatic rings. The van der Waals surface area contributed by atoms with Gasteiger partial charge in [0.05, 0.1) is 5.69 Å². The highest BCUT2D eigenvalue weighted by molar-refractivity contribution is 5.92. The van der Waals surface area contributed by atoms with Crippen LogP contribution in [0.15, 0.2) is 30.3 Å². The topological polar surface area (TPSA) is 43.9 Å². The molecule has 0 bridgehead atoms. The van der Waals surface area contributed by atoms with Crippen LogP contribution < -0.4 is 5.01 Å². The Morgan fingerprint density at radius 2 is 1.70 bits per heavy atom. The van der Waals surface area contributed by atoms with Gasteiger partial charge in [-0.2, -0.15) is 0 Å². The highest BCUT2D eigenvalue weighted by Gasteiger charge is 2.26. The van der Waals surface area contributed by atoms with Gasteiger partial charge in [-0.15, -0.1) is 0 Å². The molecule has 0 radical (unpaired) electrons. The summed E-state index contributed by atoms with van der Waals surface area (Å²) in [4.78, 5) is 25.4. The van der Waals surface area contributed by atoms with E-state index in [1.54, 1.807) is 11.9 Å². The highest BCUT2D eigenvalue weighted by atomic mass is 16.2. The number of para-hydroxylation sites is 1. The summed E-state index contributed by atoms with van der Waals surface area (Å²) < 4.78 is 0. The molecule has 1 aromatic rings. The lowest BCUT2D eigenvalue weighted by molar-refractivity contribution is -0.131. The number of hydrogen-bond acceptors (Lipinski definition) is 3. The SMILES string of the molecule is CCC(=O)N(c1ccccc1)N1CCN(C(C)=O)CC1. The fourth-order valence-corrected chi connectivity index (χ4v) is 2.39. The fourth-order valence-electron chi connectivity index (χ4n) is 2.39. The normalized spacial score (nSPS) is 16.0. The maximum atomic E-state index is 12.2. The number of nitrogens with zero attached hydrogens (tertiary/aromatic N) is 3. The molecule has 0 aromatic heterocycles. The van der Waals surface area contributed by atoms with Crippen molar-refractivity contribution in [3.8, 4) is 0 Å². The van der Waals surface area contributed by atoms with E-state index in [0.29, 0.717) is 32.6 Å². The molecule has 0 aliphatic carbocycles. The summed E-state index contributed by atoms with van der Waals surface area (Å²) in [5.41, 5.74) is 0.885.